The SMILES string of the molecule is CC(=O)NCc1ccc(C(=O)NCCCc2ccccc2)cc1. The highest BCUT2D eigenvalue weighted by atomic mass is 16.2. The van der Waals surface area contributed by atoms with E-state index in [1.807, 2.05) is 30.3 Å². The maximum Gasteiger partial charge on any atom is 0.251 e. The lowest BCUT2D eigenvalue weighted by Gasteiger charge is -2.07. The molecule has 0 aliphatic carbocycles. The van der Waals surface area contributed by atoms with Gasteiger partial charge in [0.15, 0.2) is 0 Å². The topological polar surface area (TPSA) is 58.2 Å². The summed E-state index contributed by atoms with van der Waals surface area (Å²) in [6.45, 7) is 2.62. The van der Waals surface area contributed by atoms with Crippen molar-refractivity contribution in [1.82, 2.24) is 10.6 Å². The van der Waals surface area contributed by atoms with Gasteiger partial charge in [-0.3, -0.25) is 9.59 Å². The molecule has 0 fully saturated rings. The van der Waals surface area contributed by atoms with E-state index in [4.69, 9.17) is 0 Å². The first-order valence-electron chi connectivity index (χ1n) is 7.80. The smallest absolute Gasteiger partial charge is 0.251 e. The summed E-state index contributed by atoms with van der Waals surface area (Å²) >= 11 is 0. The quantitative estimate of drug-likeness (QED) is 0.773. The minimum absolute atomic E-state index is 0.0646. The van der Waals surface area contributed by atoms with Crippen molar-refractivity contribution in [2.24, 2.45) is 0 Å². The molecule has 2 rings (SSSR count). The summed E-state index contributed by atoms with van der Waals surface area (Å²) in [6, 6.07) is 17.5. The third kappa shape index (κ3) is 5.94. The summed E-state index contributed by atoms with van der Waals surface area (Å²) in [5.74, 6) is -0.130. The van der Waals surface area contributed by atoms with Crippen molar-refractivity contribution in [2.75, 3.05) is 6.54 Å². The maximum absolute atomic E-state index is 12.1. The molecule has 0 aromatic heterocycles. The van der Waals surface area contributed by atoms with Crippen LogP contribution in [0, 0.1) is 0 Å². The molecule has 2 aromatic carbocycles. The van der Waals surface area contributed by atoms with Gasteiger partial charge in [0.2, 0.25) is 5.91 Å². The van der Waals surface area contributed by atoms with E-state index in [-0.39, 0.29) is 11.8 Å². The van der Waals surface area contributed by atoms with Crippen molar-refractivity contribution in [3.63, 3.8) is 0 Å². The molecule has 0 saturated carbocycles. The van der Waals surface area contributed by atoms with E-state index in [1.165, 1.54) is 12.5 Å². The van der Waals surface area contributed by atoms with Crippen LogP contribution in [-0.4, -0.2) is 18.4 Å². The van der Waals surface area contributed by atoms with Gasteiger partial charge in [-0.15, -0.1) is 0 Å². The number of rotatable bonds is 7. The average molecular weight is 310 g/mol. The van der Waals surface area contributed by atoms with E-state index >= 15 is 0 Å². The molecule has 2 aromatic rings. The van der Waals surface area contributed by atoms with Gasteiger partial charge in [-0.2, -0.15) is 0 Å². The Morgan fingerprint density at radius 2 is 1.57 bits per heavy atom. The van der Waals surface area contributed by atoms with E-state index in [0.29, 0.717) is 18.7 Å². The maximum atomic E-state index is 12.1. The average Bonchev–Trinajstić information content (AvgIpc) is 2.58. The minimum Gasteiger partial charge on any atom is -0.352 e. The van der Waals surface area contributed by atoms with Gasteiger partial charge in [0.1, 0.15) is 0 Å². The highest BCUT2D eigenvalue weighted by Crippen LogP contribution is 2.05. The number of nitrogens with one attached hydrogen (secondary N) is 2. The van der Waals surface area contributed by atoms with Gasteiger partial charge in [-0.25, -0.2) is 0 Å². The monoisotopic (exact) mass is 310 g/mol. The van der Waals surface area contributed by atoms with Crippen molar-refractivity contribution in [1.29, 1.82) is 0 Å². The molecule has 23 heavy (non-hydrogen) atoms. The third-order valence-electron chi connectivity index (χ3n) is 3.53. The fourth-order valence-electron chi connectivity index (χ4n) is 2.24. The lowest BCUT2D eigenvalue weighted by atomic mass is 10.1. The molecule has 4 nitrogen and oxygen atoms in total. The van der Waals surface area contributed by atoms with Gasteiger partial charge in [0, 0.05) is 25.6 Å². The van der Waals surface area contributed by atoms with Crippen LogP contribution in [-0.2, 0) is 17.8 Å². The van der Waals surface area contributed by atoms with Gasteiger partial charge < -0.3 is 10.6 Å². The van der Waals surface area contributed by atoms with Crippen LogP contribution in [0.3, 0.4) is 0 Å². The fraction of sp³-hybridized carbons (Fsp3) is 0.263. The first-order valence-corrected chi connectivity index (χ1v) is 7.80. The second-order valence-electron chi connectivity index (χ2n) is 5.45. The lowest BCUT2D eigenvalue weighted by molar-refractivity contribution is -0.119. The summed E-state index contributed by atoms with van der Waals surface area (Å²) in [6.07, 6.45) is 1.87. The van der Waals surface area contributed by atoms with Crippen molar-refractivity contribution in [3.05, 3.63) is 71.3 Å². The Morgan fingerprint density at radius 1 is 0.870 bits per heavy atom. The lowest BCUT2D eigenvalue weighted by Crippen LogP contribution is -2.25. The Kier molecular flexibility index (Phi) is 6.36. The molecule has 0 aliphatic heterocycles. The van der Waals surface area contributed by atoms with E-state index in [9.17, 15) is 9.59 Å². The molecular formula is C19H22N2O2. The van der Waals surface area contributed by atoms with Gasteiger partial charge in [-0.1, -0.05) is 42.5 Å². The second-order valence-corrected chi connectivity index (χ2v) is 5.45. The Balaban J connectivity index is 1.73. The molecule has 2 N–H and O–H groups in total. The second kappa shape index (κ2) is 8.73. The van der Waals surface area contributed by atoms with Crippen LogP contribution in [0.4, 0.5) is 0 Å². The minimum atomic E-state index is -0.0656. The molecule has 0 spiro atoms. The van der Waals surface area contributed by atoms with Crippen LogP contribution in [0.15, 0.2) is 54.6 Å². The molecule has 0 bridgehead atoms. The van der Waals surface area contributed by atoms with Crippen molar-refractivity contribution in [2.45, 2.75) is 26.3 Å². The van der Waals surface area contributed by atoms with Crippen LogP contribution in [0.25, 0.3) is 0 Å². The molecule has 120 valence electrons. The summed E-state index contributed by atoms with van der Waals surface area (Å²) < 4.78 is 0. The van der Waals surface area contributed by atoms with Crippen molar-refractivity contribution >= 4 is 11.8 Å². The Morgan fingerprint density at radius 3 is 2.22 bits per heavy atom. The van der Waals surface area contributed by atoms with Crippen LogP contribution >= 0.6 is 0 Å². The number of hydrogen-bond acceptors (Lipinski definition) is 2. The van der Waals surface area contributed by atoms with E-state index < -0.39 is 0 Å². The zero-order chi connectivity index (χ0) is 16.5. The molecule has 0 heterocycles. The molecule has 0 unspecified atom stereocenters. The predicted octanol–water partition coefficient (Wildman–Crippen LogP) is 2.69. The molecule has 0 aliphatic rings. The van der Waals surface area contributed by atoms with Crippen molar-refractivity contribution < 1.29 is 9.59 Å². The molecular weight excluding hydrogens is 288 g/mol. The Hall–Kier alpha value is -2.62. The largest absolute Gasteiger partial charge is 0.352 e. The normalized spacial score (nSPS) is 10.1. The number of aryl methyl sites for hydroxylation is 1. The Labute approximate surface area is 136 Å². The predicted molar refractivity (Wildman–Crippen MR) is 91.1 cm³/mol. The van der Waals surface area contributed by atoms with Gasteiger partial charge in [0.05, 0.1) is 0 Å². The number of carbonyl (C=O) groups excluding carboxylic acids is 2. The number of amides is 2. The highest BCUT2D eigenvalue weighted by molar-refractivity contribution is 5.94. The Bertz CT molecular complexity index is 636. The van der Waals surface area contributed by atoms with Crippen LogP contribution in [0.5, 0.6) is 0 Å². The molecule has 4 heteroatoms. The zero-order valence-electron chi connectivity index (χ0n) is 13.3. The van der Waals surface area contributed by atoms with Crippen molar-refractivity contribution in [3.8, 4) is 0 Å². The number of benzene rings is 2. The zero-order valence-corrected chi connectivity index (χ0v) is 13.3. The van der Waals surface area contributed by atoms with E-state index in [2.05, 4.69) is 22.8 Å². The molecule has 0 saturated heterocycles. The fourth-order valence-corrected chi connectivity index (χ4v) is 2.24. The van der Waals surface area contributed by atoms with E-state index in [0.717, 1.165) is 18.4 Å². The first kappa shape index (κ1) is 16.7. The van der Waals surface area contributed by atoms with E-state index in [1.54, 1.807) is 12.1 Å². The van der Waals surface area contributed by atoms with Gasteiger partial charge in [-0.05, 0) is 36.1 Å². The van der Waals surface area contributed by atoms with Gasteiger partial charge >= 0.3 is 0 Å². The third-order valence-corrected chi connectivity index (χ3v) is 3.53. The van der Waals surface area contributed by atoms with Crippen LogP contribution in [0.1, 0.15) is 34.8 Å². The molecule has 0 radical (unpaired) electrons. The summed E-state index contributed by atoms with van der Waals surface area (Å²) in [5.41, 5.74) is 2.89. The molecule has 2 amide bonds. The highest BCUT2D eigenvalue weighted by Gasteiger charge is 2.05. The first-order chi connectivity index (χ1) is 11.1. The number of hydrogen-bond donors (Lipinski definition) is 2. The summed E-state index contributed by atoms with van der Waals surface area (Å²) in [7, 11) is 0. The number of carbonyl (C=O) groups is 2. The van der Waals surface area contributed by atoms with Gasteiger partial charge in [0.25, 0.3) is 5.91 Å². The molecule has 0 atom stereocenters. The summed E-state index contributed by atoms with van der Waals surface area (Å²) in [5, 5.41) is 5.66. The standard InChI is InChI=1S/C19H22N2O2/c1-15(22)21-14-17-9-11-18(12-10-17)19(23)20-13-5-8-16-6-3-2-4-7-16/h2-4,6-7,9-12H,5,8,13-14H2,1H3,(H,20,23)(H,21,22). The summed E-state index contributed by atoms with van der Waals surface area (Å²) in [4.78, 5) is 22.9. The van der Waals surface area contributed by atoms with Crippen LogP contribution < -0.4 is 10.6 Å². The van der Waals surface area contributed by atoms with Crippen LogP contribution in [0.2, 0.25) is 0 Å².